The van der Waals surface area contributed by atoms with Gasteiger partial charge in [-0.25, -0.2) is 4.79 Å². The maximum Gasteiger partial charge on any atom is 0.336 e. The van der Waals surface area contributed by atoms with Crippen LogP contribution in [0, 0.1) is 5.92 Å². The van der Waals surface area contributed by atoms with Crippen LogP contribution >= 0.6 is 23.2 Å². The number of ether oxygens (including phenoxy) is 2. The van der Waals surface area contributed by atoms with Crippen molar-refractivity contribution < 1.29 is 20.4 Å². The topological polar surface area (TPSA) is 65.0 Å². The molecule has 25 heavy (non-hydrogen) atoms. The number of halogens is 2. The molecule has 7 heteroatoms. The average Bonchev–Trinajstić information content (AvgIpc) is 2.62. The molecule has 0 radical (unpaired) electrons. The second-order valence-corrected chi connectivity index (χ2v) is 6.23. The lowest BCUT2D eigenvalue weighted by atomic mass is 9.75. The molecule has 0 bridgehead atoms. The van der Waals surface area contributed by atoms with Gasteiger partial charge in [-0.3, -0.25) is 9.79 Å². The van der Waals surface area contributed by atoms with E-state index in [0.717, 1.165) is 0 Å². The highest BCUT2D eigenvalue weighted by atomic mass is 35.5. The van der Waals surface area contributed by atoms with E-state index in [0.29, 0.717) is 22.0 Å². The quantitative estimate of drug-likeness (QED) is 0.730. The zero-order valence-corrected chi connectivity index (χ0v) is 15.6. The van der Waals surface area contributed by atoms with Crippen LogP contribution in [0.2, 0.25) is 10.0 Å². The summed E-state index contributed by atoms with van der Waals surface area (Å²) in [5.41, 5.74) is 1.37. The van der Waals surface area contributed by atoms with Gasteiger partial charge in [-0.2, -0.15) is 0 Å². The largest absolute Gasteiger partial charge is 0.468 e. The molecule has 134 valence electrons. The van der Waals surface area contributed by atoms with Gasteiger partial charge in [-0.15, -0.1) is 0 Å². The van der Waals surface area contributed by atoms with E-state index in [1.54, 1.807) is 32.0 Å². The van der Waals surface area contributed by atoms with Crippen LogP contribution in [0.5, 0.6) is 0 Å². The number of nitrogens with zero attached hydrogens (tertiary/aromatic N) is 1. The highest BCUT2D eigenvalue weighted by Crippen LogP contribution is 2.44. The maximum atomic E-state index is 12.6. The first-order chi connectivity index (χ1) is 12.4. The Balaban J connectivity index is 2.76. The zero-order valence-electron chi connectivity index (χ0n) is 15.1. The van der Waals surface area contributed by atoms with Crippen molar-refractivity contribution in [1.29, 1.82) is 0 Å². The fraction of sp³-hybridized carbons (Fsp3) is 0.389. The highest BCUT2D eigenvalue weighted by molar-refractivity contribution is 6.42. The predicted molar refractivity (Wildman–Crippen MR) is 97.2 cm³/mol. The number of aliphatic imine (C=N–C) groups is 1. The van der Waals surface area contributed by atoms with Gasteiger partial charge in [0.2, 0.25) is 0 Å². The normalized spacial score (nSPS) is 20.7. The van der Waals surface area contributed by atoms with Crippen LogP contribution in [0.4, 0.5) is 0 Å². The molecule has 2 atom stereocenters. The second kappa shape index (κ2) is 8.02. The van der Waals surface area contributed by atoms with Gasteiger partial charge in [0, 0.05) is 18.7 Å². The van der Waals surface area contributed by atoms with Gasteiger partial charge < -0.3 is 9.47 Å². The van der Waals surface area contributed by atoms with Gasteiger partial charge >= 0.3 is 11.9 Å². The summed E-state index contributed by atoms with van der Waals surface area (Å²) in [6, 6.07) is 4.99. The van der Waals surface area contributed by atoms with E-state index in [4.69, 9.17) is 34.0 Å². The van der Waals surface area contributed by atoms with Gasteiger partial charge in [-0.05, 0) is 32.4 Å². The number of benzene rings is 1. The van der Waals surface area contributed by atoms with Crippen molar-refractivity contribution in [1.82, 2.24) is 0 Å². The molecule has 0 saturated heterocycles. The van der Waals surface area contributed by atoms with Gasteiger partial charge in [0.15, 0.2) is 0 Å². The molecule has 0 amide bonds. The molecule has 0 aliphatic carbocycles. The lowest BCUT2D eigenvalue weighted by molar-refractivity contribution is -0.144. The molecule has 0 aromatic heterocycles. The third-order valence-corrected chi connectivity index (χ3v) is 4.80. The number of hydrogen-bond acceptors (Lipinski definition) is 5. The molecular formula is C18H19Cl2NO4. The van der Waals surface area contributed by atoms with Crippen molar-refractivity contribution in [2.45, 2.75) is 26.7 Å². The summed E-state index contributed by atoms with van der Waals surface area (Å²) < 4.78 is 17.8. The Morgan fingerprint density at radius 2 is 2.08 bits per heavy atom. The van der Waals surface area contributed by atoms with Gasteiger partial charge in [0.1, 0.15) is 5.92 Å². The molecule has 2 unspecified atom stereocenters. The maximum absolute atomic E-state index is 12.6. The summed E-state index contributed by atoms with van der Waals surface area (Å²) in [6.45, 7) is 3.28. The summed E-state index contributed by atoms with van der Waals surface area (Å²) in [5, 5.41) is 0.525. The Bertz CT molecular complexity index is 791. The Kier molecular flexibility index (Phi) is 5.76. The molecular weight excluding hydrogens is 365 g/mol. The second-order valence-electron chi connectivity index (χ2n) is 5.44. The fourth-order valence-electron chi connectivity index (χ4n) is 2.91. The SMILES string of the molecule is [2H]CC1=NC(C)=C(C(=O)OCC)C(c2cccc(Cl)c2Cl)C1C(=O)OC. The smallest absolute Gasteiger partial charge is 0.336 e. The number of carbonyl (C=O) groups excluding carboxylic acids is 2. The van der Waals surface area contributed by atoms with Crippen molar-refractivity contribution in [2.75, 3.05) is 13.7 Å². The van der Waals surface area contributed by atoms with Crippen molar-refractivity contribution >= 4 is 40.9 Å². The van der Waals surface area contributed by atoms with E-state index < -0.39 is 23.8 Å². The number of esters is 2. The minimum Gasteiger partial charge on any atom is -0.468 e. The molecule has 0 saturated carbocycles. The standard InChI is InChI=1S/C18H19Cl2NO4/c1-5-25-18(23)14-10(3)21-9(2)13(17(22)24-4)15(14)11-7-6-8-12(19)16(11)20/h6-8,13,15H,5H2,1-4H3/i2D. The summed E-state index contributed by atoms with van der Waals surface area (Å²) in [5.74, 6) is -2.96. The summed E-state index contributed by atoms with van der Waals surface area (Å²) in [7, 11) is 1.25. The number of hydrogen-bond donors (Lipinski definition) is 0. The van der Waals surface area contributed by atoms with Crippen LogP contribution in [0.25, 0.3) is 0 Å². The van der Waals surface area contributed by atoms with Crippen LogP contribution in [-0.2, 0) is 19.1 Å². The average molecular weight is 385 g/mol. The molecule has 1 aliphatic heterocycles. The molecule has 0 fully saturated rings. The van der Waals surface area contributed by atoms with E-state index >= 15 is 0 Å². The third kappa shape index (κ3) is 3.72. The number of methoxy groups -OCH3 is 1. The van der Waals surface area contributed by atoms with Crippen molar-refractivity contribution in [3.8, 4) is 0 Å². The number of rotatable bonds is 4. The monoisotopic (exact) mass is 384 g/mol. The van der Waals surface area contributed by atoms with Crippen molar-refractivity contribution in [2.24, 2.45) is 10.9 Å². The van der Waals surface area contributed by atoms with Gasteiger partial charge in [0.25, 0.3) is 0 Å². The molecule has 0 N–H and O–H groups in total. The number of allylic oxidation sites excluding steroid dienone is 1. The van der Waals surface area contributed by atoms with Crippen LogP contribution < -0.4 is 0 Å². The summed E-state index contributed by atoms with van der Waals surface area (Å²) >= 11 is 12.5. The van der Waals surface area contributed by atoms with Crippen molar-refractivity contribution in [3.05, 3.63) is 45.1 Å². The van der Waals surface area contributed by atoms with Crippen molar-refractivity contribution in [3.63, 3.8) is 0 Å². The molecule has 2 rings (SSSR count). The highest BCUT2D eigenvalue weighted by Gasteiger charge is 2.43. The Hall–Kier alpha value is -1.85. The van der Waals surface area contributed by atoms with E-state index in [1.807, 2.05) is 0 Å². The Morgan fingerprint density at radius 1 is 1.36 bits per heavy atom. The summed E-state index contributed by atoms with van der Waals surface area (Å²) in [4.78, 5) is 29.4. The minimum atomic E-state index is -0.962. The summed E-state index contributed by atoms with van der Waals surface area (Å²) in [6.07, 6.45) is 0. The molecule has 5 nitrogen and oxygen atoms in total. The van der Waals surface area contributed by atoms with E-state index in [-0.39, 0.29) is 24.1 Å². The molecule has 1 aromatic rings. The Labute approximate surface area is 158 Å². The van der Waals surface area contributed by atoms with Crippen LogP contribution in [0.3, 0.4) is 0 Å². The third-order valence-electron chi connectivity index (χ3n) is 3.97. The van der Waals surface area contributed by atoms with Crippen LogP contribution in [-0.4, -0.2) is 31.4 Å². The first-order valence-corrected chi connectivity index (χ1v) is 8.39. The van der Waals surface area contributed by atoms with E-state index in [1.165, 1.54) is 7.11 Å². The molecule has 0 spiro atoms. The lowest BCUT2D eigenvalue weighted by Crippen LogP contribution is -2.36. The molecule has 1 heterocycles. The molecule has 1 aliphatic rings. The van der Waals surface area contributed by atoms with Gasteiger partial charge in [-0.1, -0.05) is 35.3 Å². The lowest BCUT2D eigenvalue weighted by Gasteiger charge is -2.31. The van der Waals surface area contributed by atoms with Crippen LogP contribution in [0.15, 0.2) is 34.5 Å². The zero-order chi connectivity index (χ0) is 19.4. The minimum absolute atomic E-state index is 0.170. The number of carbonyl (C=O) groups is 2. The first kappa shape index (κ1) is 18.0. The van der Waals surface area contributed by atoms with Gasteiger partial charge in [0.05, 0.1) is 29.3 Å². The van der Waals surface area contributed by atoms with E-state index in [9.17, 15) is 9.59 Å². The molecule has 1 aromatic carbocycles. The van der Waals surface area contributed by atoms with E-state index in [2.05, 4.69) is 4.99 Å². The fourth-order valence-corrected chi connectivity index (χ4v) is 3.33. The van der Waals surface area contributed by atoms with Crippen LogP contribution in [0.1, 0.15) is 33.6 Å². The first-order valence-electron chi connectivity index (χ1n) is 8.34. The predicted octanol–water partition coefficient (Wildman–Crippen LogP) is 4.18. The Morgan fingerprint density at radius 3 is 2.68 bits per heavy atom.